The molecule has 1 atom stereocenters. The molecule has 9 heteroatoms. The summed E-state index contributed by atoms with van der Waals surface area (Å²) in [6.45, 7) is 4.70. The smallest absolute Gasteiger partial charge is 0.379 e. The first-order valence-corrected chi connectivity index (χ1v) is 9.24. The second-order valence-corrected chi connectivity index (χ2v) is 6.85. The van der Waals surface area contributed by atoms with Gasteiger partial charge in [-0.15, -0.1) is 0 Å². The number of amides is 1. The van der Waals surface area contributed by atoms with E-state index >= 15 is 0 Å². The fourth-order valence-electron chi connectivity index (χ4n) is 3.25. The molecule has 2 aromatic rings. The van der Waals surface area contributed by atoms with Gasteiger partial charge in [0.2, 0.25) is 5.91 Å². The summed E-state index contributed by atoms with van der Waals surface area (Å²) in [7, 11) is 0. The molecule has 0 radical (unpaired) electrons. The van der Waals surface area contributed by atoms with Gasteiger partial charge in [-0.2, -0.15) is 13.2 Å². The number of nitrogens with zero attached hydrogens (tertiary/aromatic N) is 2. The number of carbonyl (C=O) groups is 1. The SMILES string of the molecule is CC(c1ccc(NC(=O)Cn2cccc(C(F)(F)F)c2=O)cc1)N1CCOCC1. The van der Waals surface area contributed by atoms with Crippen molar-refractivity contribution >= 4 is 11.6 Å². The third-order valence-electron chi connectivity index (χ3n) is 4.91. The Balaban J connectivity index is 1.63. The van der Waals surface area contributed by atoms with E-state index in [-0.39, 0.29) is 6.04 Å². The summed E-state index contributed by atoms with van der Waals surface area (Å²) < 4.78 is 44.6. The van der Waals surface area contributed by atoms with Crippen molar-refractivity contribution in [2.24, 2.45) is 0 Å². The summed E-state index contributed by atoms with van der Waals surface area (Å²) in [5.74, 6) is -0.583. The van der Waals surface area contributed by atoms with Gasteiger partial charge in [-0.25, -0.2) is 0 Å². The second kappa shape index (κ2) is 8.79. The Labute approximate surface area is 165 Å². The number of halogens is 3. The molecule has 0 spiro atoms. The highest BCUT2D eigenvalue weighted by Crippen LogP contribution is 2.26. The van der Waals surface area contributed by atoms with E-state index in [1.807, 2.05) is 12.1 Å². The summed E-state index contributed by atoms with van der Waals surface area (Å²) in [6.07, 6.45) is -3.60. The van der Waals surface area contributed by atoms with Gasteiger partial charge in [-0.05, 0) is 36.8 Å². The molecule has 1 aliphatic heterocycles. The van der Waals surface area contributed by atoms with Crippen LogP contribution in [0.25, 0.3) is 0 Å². The van der Waals surface area contributed by atoms with Crippen LogP contribution in [-0.2, 0) is 22.3 Å². The fraction of sp³-hybridized carbons (Fsp3) is 0.400. The number of carbonyl (C=O) groups excluding carboxylic acids is 1. The Hall–Kier alpha value is -2.65. The fourth-order valence-corrected chi connectivity index (χ4v) is 3.25. The van der Waals surface area contributed by atoms with Crippen LogP contribution >= 0.6 is 0 Å². The molecule has 1 aromatic heterocycles. The lowest BCUT2D eigenvalue weighted by atomic mass is 10.1. The van der Waals surface area contributed by atoms with Crippen LogP contribution in [0.4, 0.5) is 18.9 Å². The van der Waals surface area contributed by atoms with Crippen LogP contribution < -0.4 is 10.9 Å². The van der Waals surface area contributed by atoms with Crippen LogP contribution in [0.3, 0.4) is 0 Å². The van der Waals surface area contributed by atoms with E-state index < -0.39 is 29.8 Å². The number of nitrogens with one attached hydrogen (secondary N) is 1. The van der Waals surface area contributed by atoms with E-state index in [0.29, 0.717) is 25.0 Å². The van der Waals surface area contributed by atoms with Crippen molar-refractivity contribution in [3.8, 4) is 0 Å². The van der Waals surface area contributed by atoms with Crippen molar-refractivity contribution in [2.75, 3.05) is 31.6 Å². The molecule has 29 heavy (non-hydrogen) atoms. The van der Waals surface area contributed by atoms with Crippen molar-refractivity contribution in [1.29, 1.82) is 0 Å². The maximum Gasteiger partial charge on any atom is 0.421 e. The van der Waals surface area contributed by atoms with Gasteiger partial charge < -0.3 is 14.6 Å². The molecule has 0 aliphatic carbocycles. The van der Waals surface area contributed by atoms with Gasteiger partial charge in [0.25, 0.3) is 5.56 Å². The summed E-state index contributed by atoms with van der Waals surface area (Å²) in [4.78, 5) is 26.4. The summed E-state index contributed by atoms with van der Waals surface area (Å²) >= 11 is 0. The van der Waals surface area contributed by atoms with Crippen LogP contribution in [0.5, 0.6) is 0 Å². The molecule has 2 heterocycles. The lowest BCUT2D eigenvalue weighted by molar-refractivity contribution is -0.139. The molecule has 1 aromatic carbocycles. The Morgan fingerprint density at radius 1 is 1.17 bits per heavy atom. The largest absolute Gasteiger partial charge is 0.421 e. The first-order valence-electron chi connectivity index (χ1n) is 9.24. The number of morpholine rings is 1. The summed E-state index contributed by atoms with van der Waals surface area (Å²) in [5.41, 5.74) is -0.953. The number of benzene rings is 1. The third kappa shape index (κ3) is 5.24. The molecule has 1 saturated heterocycles. The van der Waals surface area contributed by atoms with Crippen LogP contribution in [0.1, 0.15) is 24.1 Å². The lowest BCUT2D eigenvalue weighted by Gasteiger charge is -2.32. The second-order valence-electron chi connectivity index (χ2n) is 6.85. The number of ether oxygens (including phenoxy) is 1. The molecular weight excluding hydrogens is 387 g/mol. The van der Waals surface area contributed by atoms with Crippen LogP contribution in [-0.4, -0.2) is 41.7 Å². The van der Waals surface area contributed by atoms with Crippen molar-refractivity contribution in [3.63, 3.8) is 0 Å². The zero-order valence-electron chi connectivity index (χ0n) is 15.9. The van der Waals surface area contributed by atoms with Crippen molar-refractivity contribution in [2.45, 2.75) is 25.7 Å². The van der Waals surface area contributed by atoms with E-state index in [4.69, 9.17) is 4.74 Å². The molecule has 1 amide bonds. The number of aromatic nitrogens is 1. The zero-order valence-corrected chi connectivity index (χ0v) is 15.9. The van der Waals surface area contributed by atoms with Gasteiger partial charge >= 0.3 is 6.18 Å². The normalized spacial score (nSPS) is 16.4. The molecule has 0 bridgehead atoms. The maximum absolute atomic E-state index is 12.8. The van der Waals surface area contributed by atoms with Gasteiger partial charge in [0.1, 0.15) is 12.1 Å². The van der Waals surface area contributed by atoms with Gasteiger partial charge in [-0.3, -0.25) is 14.5 Å². The molecule has 1 N–H and O–H groups in total. The highest BCUT2D eigenvalue weighted by molar-refractivity contribution is 5.90. The topological polar surface area (TPSA) is 63.6 Å². The maximum atomic E-state index is 12.8. The predicted molar refractivity (Wildman–Crippen MR) is 102 cm³/mol. The van der Waals surface area contributed by atoms with Gasteiger partial charge in [0, 0.05) is 31.0 Å². The highest BCUT2D eigenvalue weighted by Gasteiger charge is 2.34. The molecule has 0 saturated carbocycles. The Morgan fingerprint density at radius 3 is 2.45 bits per heavy atom. The van der Waals surface area contributed by atoms with Crippen molar-refractivity contribution in [1.82, 2.24) is 9.47 Å². The minimum atomic E-state index is -4.76. The predicted octanol–water partition coefficient (Wildman–Crippen LogP) is 2.90. The summed E-state index contributed by atoms with van der Waals surface area (Å²) in [5, 5.41) is 2.61. The van der Waals surface area contributed by atoms with Crippen LogP contribution in [0, 0.1) is 0 Å². The van der Waals surface area contributed by atoms with Gasteiger partial charge in [0.05, 0.1) is 13.2 Å². The zero-order chi connectivity index (χ0) is 21.0. The summed E-state index contributed by atoms with van der Waals surface area (Å²) in [6, 6.07) is 9.26. The number of alkyl halides is 3. The van der Waals surface area contributed by atoms with Crippen molar-refractivity contribution in [3.05, 3.63) is 64.1 Å². The van der Waals surface area contributed by atoms with Crippen LogP contribution in [0.2, 0.25) is 0 Å². The minimum Gasteiger partial charge on any atom is -0.379 e. The average molecular weight is 409 g/mol. The molecule has 1 fully saturated rings. The van der Waals surface area contributed by atoms with E-state index in [0.717, 1.165) is 35.5 Å². The Kier molecular flexibility index (Phi) is 6.39. The number of pyridine rings is 1. The molecule has 1 unspecified atom stereocenters. The molecule has 1 aliphatic rings. The Bertz CT molecular complexity index is 904. The number of hydrogen-bond acceptors (Lipinski definition) is 4. The van der Waals surface area contributed by atoms with E-state index in [2.05, 4.69) is 17.1 Å². The van der Waals surface area contributed by atoms with Gasteiger partial charge in [-0.1, -0.05) is 12.1 Å². The first kappa shape index (κ1) is 21.1. The lowest BCUT2D eigenvalue weighted by Crippen LogP contribution is -2.38. The van der Waals surface area contributed by atoms with E-state index in [9.17, 15) is 22.8 Å². The van der Waals surface area contributed by atoms with E-state index in [1.54, 1.807) is 12.1 Å². The molecule has 3 rings (SSSR count). The Morgan fingerprint density at radius 2 is 1.83 bits per heavy atom. The van der Waals surface area contributed by atoms with Crippen LogP contribution in [0.15, 0.2) is 47.4 Å². The van der Waals surface area contributed by atoms with Crippen molar-refractivity contribution < 1.29 is 22.7 Å². The number of rotatable bonds is 5. The number of hydrogen-bond donors (Lipinski definition) is 1. The standard InChI is InChI=1S/C20H22F3N3O3/c1-14(25-9-11-29-12-10-25)15-4-6-16(7-5-15)24-18(27)13-26-8-2-3-17(19(26)28)20(21,22)23/h2-8,14H,9-13H2,1H3,(H,24,27). The quantitative estimate of drug-likeness (QED) is 0.825. The van der Waals surface area contributed by atoms with E-state index in [1.165, 1.54) is 0 Å². The average Bonchev–Trinajstić information content (AvgIpc) is 2.69. The first-order chi connectivity index (χ1) is 13.8. The highest BCUT2D eigenvalue weighted by atomic mass is 19.4. The monoisotopic (exact) mass is 409 g/mol. The number of anilines is 1. The molecule has 6 nitrogen and oxygen atoms in total. The minimum absolute atomic E-state index is 0.201. The molecule has 156 valence electrons. The molecular formula is C20H22F3N3O3. The third-order valence-corrected chi connectivity index (χ3v) is 4.91. The van der Waals surface area contributed by atoms with Gasteiger partial charge in [0.15, 0.2) is 0 Å².